The van der Waals surface area contributed by atoms with Crippen LogP contribution in [0.15, 0.2) is 36.7 Å². The number of allylic oxidation sites excluding steroid dienone is 1. The lowest BCUT2D eigenvalue weighted by Gasteiger charge is -2.28. The van der Waals surface area contributed by atoms with Gasteiger partial charge in [0.15, 0.2) is 0 Å². The number of ether oxygens (including phenoxy) is 1. The molecule has 0 saturated heterocycles. The number of hydrogen-bond acceptors (Lipinski definition) is 1. The first-order chi connectivity index (χ1) is 9.83. The van der Waals surface area contributed by atoms with Crippen molar-refractivity contribution in [1.82, 2.24) is 0 Å². The minimum absolute atomic E-state index is 0.632. The van der Waals surface area contributed by atoms with Gasteiger partial charge in [-0.25, -0.2) is 4.39 Å². The van der Waals surface area contributed by atoms with Crippen LogP contribution in [0.25, 0.3) is 0 Å². The highest BCUT2D eigenvalue weighted by atomic mass is 19.1. The highest BCUT2D eigenvalue weighted by Crippen LogP contribution is 2.35. The molecule has 1 aromatic rings. The van der Waals surface area contributed by atoms with Crippen molar-refractivity contribution in [3.8, 4) is 0 Å². The highest BCUT2D eigenvalue weighted by Gasteiger charge is 2.22. The van der Waals surface area contributed by atoms with Crippen molar-refractivity contribution >= 4 is 0 Å². The molecule has 20 heavy (non-hydrogen) atoms. The van der Waals surface area contributed by atoms with E-state index >= 15 is 0 Å². The van der Waals surface area contributed by atoms with E-state index in [-0.39, 0.29) is 0 Å². The summed E-state index contributed by atoms with van der Waals surface area (Å²) in [5, 5.41) is 0. The zero-order chi connectivity index (χ0) is 14.2. The molecule has 0 N–H and O–H groups in total. The second-order valence-corrected chi connectivity index (χ2v) is 5.81. The van der Waals surface area contributed by atoms with Crippen LogP contribution in [0.5, 0.6) is 0 Å². The molecule has 0 bridgehead atoms. The Hall–Kier alpha value is -1.15. The summed E-state index contributed by atoms with van der Waals surface area (Å²) in [7, 11) is 1.79. The summed E-state index contributed by atoms with van der Waals surface area (Å²) in [6.07, 6.45) is 9.01. The largest absolute Gasteiger partial charge is 0.384 e. The molecule has 1 aliphatic rings. The Labute approximate surface area is 121 Å². The number of hydrogen-bond donors (Lipinski definition) is 0. The predicted molar refractivity (Wildman–Crippen MR) is 81.6 cm³/mol. The predicted octanol–water partition coefficient (Wildman–Crippen LogP) is 5.02. The fourth-order valence-electron chi connectivity index (χ4n) is 3.17. The molecule has 0 heterocycles. The summed E-state index contributed by atoms with van der Waals surface area (Å²) < 4.78 is 17.2. The summed E-state index contributed by atoms with van der Waals surface area (Å²) in [4.78, 5) is 0. The molecule has 1 saturated carbocycles. The standard InChI is InChI=1S/C18H25FO/c1-20-14-16-7-11-18(12-8-16)17-9-5-15(6-10-17)4-2-3-13-19/h3,5-6,9-10,13,16,18H,2,4,7-8,11-12,14H2,1H3/b13-3+. The van der Waals surface area contributed by atoms with Gasteiger partial charge in [0.25, 0.3) is 0 Å². The molecule has 0 unspecified atom stereocenters. The van der Waals surface area contributed by atoms with Crippen molar-refractivity contribution in [2.24, 2.45) is 5.92 Å². The Morgan fingerprint density at radius 1 is 1.15 bits per heavy atom. The molecule has 0 amide bonds. The first kappa shape index (κ1) is 15.2. The third-order valence-corrected chi connectivity index (χ3v) is 4.39. The third kappa shape index (κ3) is 4.45. The van der Waals surface area contributed by atoms with E-state index in [1.807, 2.05) is 0 Å². The molecule has 1 aliphatic carbocycles. The van der Waals surface area contributed by atoms with Crippen LogP contribution in [0.4, 0.5) is 4.39 Å². The summed E-state index contributed by atoms with van der Waals surface area (Å²) in [5.74, 6) is 1.46. The van der Waals surface area contributed by atoms with E-state index in [2.05, 4.69) is 24.3 Å². The van der Waals surface area contributed by atoms with Gasteiger partial charge in [-0.15, -0.1) is 0 Å². The zero-order valence-corrected chi connectivity index (χ0v) is 12.4. The lowest BCUT2D eigenvalue weighted by molar-refractivity contribution is 0.127. The van der Waals surface area contributed by atoms with Crippen molar-refractivity contribution in [3.63, 3.8) is 0 Å². The van der Waals surface area contributed by atoms with Gasteiger partial charge in [-0.1, -0.05) is 30.3 Å². The molecular formula is C18H25FO. The average molecular weight is 276 g/mol. The highest BCUT2D eigenvalue weighted by molar-refractivity contribution is 5.26. The second-order valence-electron chi connectivity index (χ2n) is 5.81. The molecule has 0 atom stereocenters. The molecule has 2 heteroatoms. The minimum atomic E-state index is 0.632. The van der Waals surface area contributed by atoms with Crippen LogP contribution in [0.1, 0.15) is 49.1 Å². The van der Waals surface area contributed by atoms with Gasteiger partial charge in [0.1, 0.15) is 0 Å². The molecular weight excluding hydrogens is 251 g/mol. The Balaban J connectivity index is 1.84. The van der Waals surface area contributed by atoms with Crippen LogP contribution in [0.2, 0.25) is 0 Å². The molecule has 0 radical (unpaired) electrons. The van der Waals surface area contributed by atoms with Gasteiger partial charge < -0.3 is 4.74 Å². The Morgan fingerprint density at radius 3 is 2.45 bits per heavy atom. The van der Waals surface area contributed by atoms with Crippen LogP contribution in [0, 0.1) is 5.92 Å². The third-order valence-electron chi connectivity index (χ3n) is 4.39. The molecule has 1 fully saturated rings. The normalized spacial score (nSPS) is 23.3. The average Bonchev–Trinajstić information content (AvgIpc) is 2.49. The number of halogens is 1. The summed E-state index contributed by atoms with van der Waals surface area (Å²) >= 11 is 0. The first-order valence-electron chi connectivity index (χ1n) is 7.66. The first-order valence-corrected chi connectivity index (χ1v) is 7.66. The van der Waals surface area contributed by atoms with E-state index in [0.717, 1.165) is 25.4 Å². The molecule has 1 aromatic carbocycles. The van der Waals surface area contributed by atoms with Gasteiger partial charge in [0.2, 0.25) is 0 Å². The monoisotopic (exact) mass is 276 g/mol. The summed E-state index contributed by atoms with van der Waals surface area (Å²) in [6.45, 7) is 0.910. The van der Waals surface area contributed by atoms with Crippen LogP contribution >= 0.6 is 0 Å². The van der Waals surface area contributed by atoms with Crippen molar-refractivity contribution in [3.05, 3.63) is 47.8 Å². The SMILES string of the molecule is COCC1CCC(c2ccc(CC/C=C/F)cc2)CC1. The van der Waals surface area contributed by atoms with E-state index < -0.39 is 0 Å². The van der Waals surface area contributed by atoms with Crippen molar-refractivity contribution in [2.75, 3.05) is 13.7 Å². The molecule has 0 aromatic heterocycles. The number of rotatable bonds is 6. The molecule has 110 valence electrons. The molecule has 2 rings (SSSR count). The van der Waals surface area contributed by atoms with Gasteiger partial charge >= 0.3 is 0 Å². The van der Waals surface area contributed by atoms with Gasteiger partial charge in [-0.2, -0.15) is 0 Å². The van der Waals surface area contributed by atoms with Crippen molar-refractivity contribution < 1.29 is 9.13 Å². The van der Waals surface area contributed by atoms with E-state index in [0.29, 0.717) is 12.2 Å². The Bertz CT molecular complexity index is 402. The number of methoxy groups -OCH3 is 1. The lowest BCUT2D eigenvalue weighted by Crippen LogP contribution is -2.17. The summed E-state index contributed by atoms with van der Waals surface area (Å²) in [5.41, 5.74) is 2.76. The van der Waals surface area contributed by atoms with Crippen LogP contribution in [-0.4, -0.2) is 13.7 Å². The maximum Gasteiger partial charge on any atom is 0.0827 e. The van der Waals surface area contributed by atoms with E-state index in [4.69, 9.17) is 4.74 Å². The number of benzene rings is 1. The quantitative estimate of drug-likeness (QED) is 0.708. The number of aryl methyl sites for hydroxylation is 1. The van der Waals surface area contributed by atoms with Gasteiger partial charge in [-0.3, -0.25) is 0 Å². The second kappa shape index (κ2) is 8.21. The van der Waals surface area contributed by atoms with Gasteiger partial charge in [0, 0.05) is 13.7 Å². The van der Waals surface area contributed by atoms with E-state index in [1.54, 1.807) is 13.2 Å². The summed E-state index contributed by atoms with van der Waals surface area (Å²) in [6, 6.07) is 8.91. The molecule has 0 aliphatic heterocycles. The lowest BCUT2D eigenvalue weighted by atomic mass is 9.79. The van der Waals surface area contributed by atoms with E-state index in [1.165, 1.54) is 36.8 Å². The van der Waals surface area contributed by atoms with Crippen molar-refractivity contribution in [1.29, 1.82) is 0 Å². The fraction of sp³-hybridized carbons (Fsp3) is 0.556. The topological polar surface area (TPSA) is 9.23 Å². The Kier molecular flexibility index (Phi) is 6.25. The minimum Gasteiger partial charge on any atom is -0.384 e. The maximum atomic E-state index is 11.9. The van der Waals surface area contributed by atoms with Crippen LogP contribution in [0.3, 0.4) is 0 Å². The van der Waals surface area contributed by atoms with Crippen LogP contribution < -0.4 is 0 Å². The van der Waals surface area contributed by atoms with Gasteiger partial charge in [0.05, 0.1) is 6.33 Å². The molecule has 1 nitrogen and oxygen atoms in total. The smallest absolute Gasteiger partial charge is 0.0827 e. The molecule has 0 spiro atoms. The van der Waals surface area contributed by atoms with Crippen molar-refractivity contribution in [2.45, 2.75) is 44.4 Å². The fourth-order valence-corrected chi connectivity index (χ4v) is 3.17. The van der Waals surface area contributed by atoms with Gasteiger partial charge in [-0.05, 0) is 61.5 Å². The Morgan fingerprint density at radius 2 is 1.85 bits per heavy atom. The maximum absolute atomic E-state index is 11.9. The van der Waals surface area contributed by atoms with Crippen LogP contribution in [-0.2, 0) is 11.2 Å². The van der Waals surface area contributed by atoms with E-state index in [9.17, 15) is 4.39 Å². The zero-order valence-electron chi connectivity index (χ0n) is 12.4.